The van der Waals surface area contributed by atoms with E-state index in [4.69, 9.17) is 0 Å². The molecular formula is C19H18N4O2. The van der Waals surface area contributed by atoms with Crippen LogP contribution in [0.15, 0.2) is 53.5 Å². The Bertz CT molecular complexity index is 1100. The van der Waals surface area contributed by atoms with Gasteiger partial charge in [-0.2, -0.15) is 0 Å². The van der Waals surface area contributed by atoms with E-state index < -0.39 is 0 Å². The number of imidazole rings is 1. The maximum atomic E-state index is 12.1. The summed E-state index contributed by atoms with van der Waals surface area (Å²) in [5.74, 6) is -0.0305. The summed E-state index contributed by atoms with van der Waals surface area (Å²) < 4.78 is 0. The second-order valence-electron chi connectivity index (χ2n) is 6.10. The SMILES string of the molecule is O=C(CCCc1c[nH]c2ccccc12)Nc1ccc2[nH]c(=O)[nH]c2c1. The first kappa shape index (κ1) is 15.3. The zero-order valence-electron chi connectivity index (χ0n) is 13.6. The molecule has 0 unspecified atom stereocenters. The van der Waals surface area contributed by atoms with Gasteiger partial charge in [-0.15, -0.1) is 0 Å². The van der Waals surface area contributed by atoms with E-state index in [9.17, 15) is 9.59 Å². The van der Waals surface area contributed by atoms with Crippen LogP contribution in [0.3, 0.4) is 0 Å². The predicted octanol–water partition coefficient (Wildman–Crippen LogP) is 3.30. The molecule has 0 fully saturated rings. The van der Waals surface area contributed by atoms with Gasteiger partial charge >= 0.3 is 5.69 Å². The summed E-state index contributed by atoms with van der Waals surface area (Å²) in [6, 6.07) is 13.5. The molecule has 6 nitrogen and oxygen atoms in total. The number of aromatic amines is 3. The number of fused-ring (bicyclic) bond motifs is 2. The van der Waals surface area contributed by atoms with Crippen LogP contribution in [0.2, 0.25) is 0 Å². The van der Waals surface area contributed by atoms with Crippen LogP contribution >= 0.6 is 0 Å². The molecule has 4 aromatic rings. The van der Waals surface area contributed by atoms with Crippen molar-refractivity contribution >= 4 is 33.5 Å². The van der Waals surface area contributed by atoms with Gasteiger partial charge in [0.05, 0.1) is 11.0 Å². The Morgan fingerprint density at radius 1 is 1.00 bits per heavy atom. The molecule has 0 atom stereocenters. The zero-order valence-corrected chi connectivity index (χ0v) is 13.6. The molecule has 4 N–H and O–H groups in total. The molecule has 2 aromatic carbocycles. The fourth-order valence-electron chi connectivity index (χ4n) is 3.11. The van der Waals surface area contributed by atoms with E-state index in [1.807, 2.05) is 24.4 Å². The van der Waals surface area contributed by atoms with Crippen molar-refractivity contribution in [2.45, 2.75) is 19.3 Å². The molecular weight excluding hydrogens is 316 g/mol. The highest BCUT2D eigenvalue weighted by Crippen LogP contribution is 2.20. The topological polar surface area (TPSA) is 93.5 Å². The molecule has 126 valence electrons. The highest BCUT2D eigenvalue weighted by molar-refractivity contribution is 5.93. The molecule has 6 heteroatoms. The van der Waals surface area contributed by atoms with Crippen molar-refractivity contribution in [2.75, 3.05) is 5.32 Å². The molecule has 2 aromatic heterocycles. The normalized spacial score (nSPS) is 11.2. The van der Waals surface area contributed by atoms with Gasteiger partial charge in [-0.3, -0.25) is 4.79 Å². The Morgan fingerprint density at radius 3 is 2.76 bits per heavy atom. The largest absolute Gasteiger partial charge is 0.361 e. The van der Waals surface area contributed by atoms with Crippen LogP contribution in [0.25, 0.3) is 21.9 Å². The van der Waals surface area contributed by atoms with Crippen LogP contribution in [0.1, 0.15) is 18.4 Å². The fraction of sp³-hybridized carbons (Fsp3) is 0.158. The number of carbonyl (C=O) groups is 1. The first-order valence-electron chi connectivity index (χ1n) is 8.26. The van der Waals surface area contributed by atoms with Gasteiger partial charge in [0.1, 0.15) is 0 Å². The average Bonchev–Trinajstić information content (AvgIpc) is 3.17. The predicted molar refractivity (Wildman–Crippen MR) is 98.8 cm³/mol. The third-order valence-corrected chi connectivity index (χ3v) is 4.32. The van der Waals surface area contributed by atoms with E-state index in [1.54, 1.807) is 18.2 Å². The third kappa shape index (κ3) is 3.19. The lowest BCUT2D eigenvalue weighted by atomic mass is 10.1. The molecule has 0 spiro atoms. The number of amides is 1. The minimum atomic E-state index is -0.253. The van der Waals surface area contributed by atoms with Gasteiger partial charge in [-0.1, -0.05) is 18.2 Å². The zero-order chi connectivity index (χ0) is 17.2. The lowest BCUT2D eigenvalue weighted by Crippen LogP contribution is -2.11. The number of anilines is 1. The molecule has 0 radical (unpaired) electrons. The molecule has 0 saturated heterocycles. The van der Waals surface area contributed by atoms with Crippen LogP contribution in [-0.4, -0.2) is 20.9 Å². The number of rotatable bonds is 5. The van der Waals surface area contributed by atoms with Gasteiger partial charge in [0, 0.05) is 29.2 Å². The fourth-order valence-corrected chi connectivity index (χ4v) is 3.11. The van der Waals surface area contributed by atoms with Gasteiger partial charge < -0.3 is 20.3 Å². The van der Waals surface area contributed by atoms with Crippen LogP contribution in [0, 0.1) is 0 Å². The highest BCUT2D eigenvalue weighted by Gasteiger charge is 2.07. The summed E-state index contributed by atoms with van der Waals surface area (Å²) in [5.41, 5.74) is 4.19. The molecule has 4 rings (SSSR count). The Hall–Kier alpha value is -3.28. The maximum absolute atomic E-state index is 12.1. The van der Waals surface area contributed by atoms with Crippen molar-refractivity contribution in [1.82, 2.24) is 15.0 Å². The second-order valence-corrected chi connectivity index (χ2v) is 6.10. The van der Waals surface area contributed by atoms with E-state index >= 15 is 0 Å². The number of aryl methyl sites for hydroxylation is 1. The molecule has 0 aliphatic rings. The maximum Gasteiger partial charge on any atom is 0.323 e. The van der Waals surface area contributed by atoms with E-state index in [0.717, 1.165) is 23.9 Å². The molecule has 1 amide bonds. The Labute approximate surface area is 143 Å². The summed E-state index contributed by atoms with van der Waals surface area (Å²) in [4.78, 5) is 32.0. The second kappa shape index (κ2) is 6.32. The number of benzene rings is 2. The molecule has 0 bridgehead atoms. The van der Waals surface area contributed by atoms with E-state index in [0.29, 0.717) is 17.6 Å². The van der Waals surface area contributed by atoms with Gasteiger partial charge in [0.2, 0.25) is 5.91 Å². The van der Waals surface area contributed by atoms with Gasteiger partial charge in [-0.05, 0) is 42.7 Å². The third-order valence-electron chi connectivity index (χ3n) is 4.32. The van der Waals surface area contributed by atoms with Crippen LogP contribution < -0.4 is 11.0 Å². The van der Waals surface area contributed by atoms with Crippen molar-refractivity contribution in [2.24, 2.45) is 0 Å². The first-order chi connectivity index (χ1) is 12.2. The van der Waals surface area contributed by atoms with E-state index in [-0.39, 0.29) is 11.6 Å². The lowest BCUT2D eigenvalue weighted by molar-refractivity contribution is -0.116. The molecule has 0 aliphatic carbocycles. The van der Waals surface area contributed by atoms with Crippen molar-refractivity contribution in [3.05, 3.63) is 64.7 Å². The number of H-pyrrole nitrogens is 3. The monoisotopic (exact) mass is 334 g/mol. The molecule has 0 aliphatic heterocycles. The first-order valence-corrected chi connectivity index (χ1v) is 8.26. The summed E-state index contributed by atoms with van der Waals surface area (Å²) in [6.07, 6.45) is 4.08. The number of nitrogens with one attached hydrogen (secondary N) is 4. The van der Waals surface area contributed by atoms with E-state index in [2.05, 4.69) is 26.3 Å². The molecule has 0 saturated carbocycles. The van der Waals surface area contributed by atoms with Crippen molar-refractivity contribution < 1.29 is 4.79 Å². The minimum absolute atomic E-state index is 0.0305. The summed E-state index contributed by atoms with van der Waals surface area (Å²) in [7, 11) is 0. The summed E-state index contributed by atoms with van der Waals surface area (Å²) in [6.45, 7) is 0. The number of carbonyl (C=O) groups excluding carboxylic acids is 1. The van der Waals surface area contributed by atoms with Crippen LogP contribution in [0.4, 0.5) is 5.69 Å². The van der Waals surface area contributed by atoms with Crippen LogP contribution in [-0.2, 0) is 11.2 Å². The number of para-hydroxylation sites is 1. The van der Waals surface area contributed by atoms with Crippen molar-refractivity contribution in [3.8, 4) is 0 Å². The van der Waals surface area contributed by atoms with Gasteiger partial charge in [0.25, 0.3) is 0 Å². The Balaban J connectivity index is 1.36. The standard InChI is InChI=1S/C19H18N4O2/c24-18(21-13-8-9-16-17(10-13)23-19(25)22-16)7-3-4-12-11-20-15-6-2-1-5-14(12)15/h1-2,5-6,8-11,20H,3-4,7H2,(H,21,24)(H2,22,23,25). The van der Waals surface area contributed by atoms with Crippen molar-refractivity contribution in [3.63, 3.8) is 0 Å². The molecule has 2 heterocycles. The quantitative estimate of drug-likeness (QED) is 0.451. The average molecular weight is 334 g/mol. The smallest absolute Gasteiger partial charge is 0.323 e. The molecule has 25 heavy (non-hydrogen) atoms. The Kier molecular flexibility index (Phi) is 3.85. The van der Waals surface area contributed by atoms with Gasteiger partial charge in [0.15, 0.2) is 0 Å². The van der Waals surface area contributed by atoms with Gasteiger partial charge in [-0.25, -0.2) is 4.79 Å². The lowest BCUT2D eigenvalue weighted by Gasteiger charge is -2.05. The minimum Gasteiger partial charge on any atom is -0.361 e. The number of hydrogen-bond acceptors (Lipinski definition) is 2. The van der Waals surface area contributed by atoms with Crippen LogP contribution in [0.5, 0.6) is 0 Å². The van der Waals surface area contributed by atoms with E-state index in [1.165, 1.54) is 10.9 Å². The Morgan fingerprint density at radius 2 is 1.84 bits per heavy atom. The van der Waals surface area contributed by atoms with Crippen molar-refractivity contribution in [1.29, 1.82) is 0 Å². The summed E-state index contributed by atoms with van der Waals surface area (Å²) >= 11 is 0. The number of hydrogen-bond donors (Lipinski definition) is 4. The summed E-state index contributed by atoms with van der Waals surface area (Å²) in [5, 5.41) is 4.09. The number of aromatic nitrogens is 3. The highest BCUT2D eigenvalue weighted by atomic mass is 16.1.